The molecule has 0 aromatic heterocycles. The maximum Gasteiger partial charge on any atom is 0.261 e. The Hall–Kier alpha value is -1.75. The molecule has 1 aromatic rings. The van der Waals surface area contributed by atoms with Crippen LogP contribution in [-0.4, -0.2) is 46.7 Å². The van der Waals surface area contributed by atoms with Gasteiger partial charge in [0.25, 0.3) is 5.91 Å². The van der Waals surface area contributed by atoms with Gasteiger partial charge >= 0.3 is 0 Å². The van der Waals surface area contributed by atoms with E-state index < -0.39 is 0 Å². The standard InChI is InChI=1S/C14H20N2O3/c1-2-16(9-10-5-4-8-15-10)14(19)13-11(17)6-3-7-12(13)18/h3,6-7,10,15,17-18H,2,4-5,8-9H2,1H3. The minimum absolute atomic E-state index is 0.0117. The van der Waals surface area contributed by atoms with Crippen molar-refractivity contribution in [1.29, 1.82) is 0 Å². The lowest BCUT2D eigenvalue weighted by atomic mass is 10.1. The van der Waals surface area contributed by atoms with Crippen molar-refractivity contribution in [1.82, 2.24) is 10.2 Å². The van der Waals surface area contributed by atoms with Crippen LogP contribution in [0, 0.1) is 0 Å². The van der Waals surface area contributed by atoms with Crippen LogP contribution in [0.5, 0.6) is 11.5 Å². The summed E-state index contributed by atoms with van der Waals surface area (Å²) in [5, 5.41) is 22.8. The van der Waals surface area contributed by atoms with Gasteiger partial charge in [0.05, 0.1) is 0 Å². The first kappa shape index (κ1) is 13.7. The zero-order valence-corrected chi connectivity index (χ0v) is 11.1. The number of aromatic hydroxyl groups is 2. The van der Waals surface area contributed by atoms with Crippen molar-refractivity contribution in [3.8, 4) is 11.5 Å². The third-order valence-electron chi connectivity index (χ3n) is 3.51. The van der Waals surface area contributed by atoms with E-state index in [1.807, 2.05) is 6.92 Å². The highest BCUT2D eigenvalue weighted by atomic mass is 16.3. The van der Waals surface area contributed by atoms with Gasteiger partial charge < -0.3 is 20.4 Å². The van der Waals surface area contributed by atoms with E-state index in [2.05, 4.69) is 5.32 Å². The number of phenolic OH excluding ortho intramolecular Hbond substituents is 2. The molecule has 19 heavy (non-hydrogen) atoms. The number of amides is 1. The molecule has 5 heteroatoms. The van der Waals surface area contributed by atoms with E-state index in [4.69, 9.17) is 0 Å². The predicted molar refractivity (Wildman–Crippen MR) is 72.4 cm³/mol. The van der Waals surface area contributed by atoms with Gasteiger partial charge in [-0.1, -0.05) is 6.07 Å². The molecule has 1 unspecified atom stereocenters. The van der Waals surface area contributed by atoms with Crippen molar-refractivity contribution in [3.63, 3.8) is 0 Å². The monoisotopic (exact) mass is 264 g/mol. The van der Waals surface area contributed by atoms with Gasteiger partial charge in [-0.2, -0.15) is 0 Å². The fourth-order valence-corrected chi connectivity index (χ4v) is 2.44. The molecule has 104 valence electrons. The highest BCUT2D eigenvalue weighted by molar-refractivity contribution is 5.99. The highest BCUT2D eigenvalue weighted by Gasteiger charge is 2.25. The molecular weight excluding hydrogens is 244 g/mol. The molecule has 5 nitrogen and oxygen atoms in total. The molecule has 0 aliphatic carbocycles. The number of nitrogens with zero attached hydrogens (tertiary/aromatic N) is 1. The second kappa shape index (κ2) is 5.93. The Labute approximate surface area is 112 Å². The fourth-order valence-electron chi connectivity index (χ4n) is 2.44. The molecule has 3 N–H and O–H groups in total. The van der Waals surface area contributed by atoms with Crippen LogP contribution in [0.4, 0.5) is 0 Å². The summed E-state index contributed by atoms with van der Waals surface area (Å²) in [5.41, 5.74) is -0.0117. The first-order valence-corrected chi connectivity index (χ1v) is 6.67. The molecule has 0 saturated carbocycles. The summed E-state index contributed by atoms with van der Waals surface area (Å²) >= 11 is 0. The molecule has 2 rings (SSSR count). The van der Waals surface area contributed by atoms with Crippen LogP contribution in [-0.2, 0) is 0 Å². The number of nitrogens with one attached hydrogen (secondary N) is 1. The largest absolute Gasteiger partial charge is 0.507 e. The minimum atomic E-state index is -0.327. The Morgan fingerprint density at radius 2 is 2.11 bits per heavy atom. The van der Waals surface area contributed by atoms with Crippen molar-refractivity contribution >= 4 is 5.91 Å². The average Bonchev–Trinajstić information content (AvgIpc) is 2.88. The lowest BCUT2D eigenvalue weighted by molar-refractivity contribution is 0.0745. The van der Waals surface area contributed by atoms with Gasteiger partial charge in [-0.25, -0.2) is 0 Å². The molecule has 1 heterocycles. The summed E-state index contributed by atoms with van der Waals surface area (Å²) in [6, 6.07) is 4.64. The van der Waals surface area contributed by atoms with E-state index in [1.165, 1.54) is 18.2 Å². The minimum Gasteiger partial charge on any atom is -0.507 e. The Kier molecular flexibility index (Phi) is 4.27. The highest BCUT2D eigenvalue weighted by Crippen LogP contribution is 2.27. The maximum absolute atomic E-state index is 12.4. The summed E-state index contributed by atoms with van der Waals surface area (Å²) in [4.78, 5) is 14.0. The number of carbonyl (C=O) groups excluding carboxylic acids is 1. The van der Waals surface area contributed by atoms with Crippen molar-refractivity contribution in [2.45, 2.75) is 25.8 Å². The number of benzene rings is 1. The maximum atomic E-state index is 12.4. The number of phenols is 2. The molecule has 1 aromatic carbocycles. The summed E-state index contributed by atoms with van der Waals surface area (Å²) in [5.74, 6) is -0.683. The van der Waals surface area contributed by atoms with E-state index in [9.17, 15) is 15.0 Å². The van der Waals surface area contributed by atoms with Crippen LogP contribution >= 0.6 is 0 Å². The van der Waals surface area contributed by atoms with Gasteiger partial charge in [0.1, 0.15) is 17.1 Å². The molecule has 0 bridgehead atoms. The van der Waals surface area contributed by atoms with Gasteiger partial charge in [-0.15, -0.1) is 0 Å². The second-order valence-corrected chi connectivity index (χ2v) is 4.81. The van der Waals surface area contributed by atoms with Crippen LogP contribution in [0.15, 0.2) is 18.2 Å². The van der Waals surface area contributed by atoms with Gasteiger partial charge in [0.2, 0.25) is 0 Å². The quantitative estimate of drug-likeness (QED) is 0.766. The Morgan fingerprint density at radius 1 is 1.42 bits per heavy atom. The number of likely N-dealkylation sites (N-methyl/N-ethyl adjacent to an activating group) is 1. The molecule has 1 aliphatic rings. The van der Waals surface area contributed by atoms with E-state index >= 15 is 0 Å². The summed E-state index contributed by atoms with van der Waals surface area (Å²) in [6.45, 7) is 4.02. The summed E-state index contributed by atoms with van der Waals surface area (Å²) < 4.78 is 0. The summed E-state index contributed by atoms with van der Waals surface area (Å²) in [6.07, 6.45) is 2.18. The average molecular weight is 264 g/mol. The third-order valence-corrected chi connectivity index (χ3v) is 3.51. The number of hydrogen-bond acceptors (Lipinski definition) is 4. The van der Waals surface area contributed by atoms with E-state index in [0.717, 1.165) is 19.4 Å². The molecule has 1 amide bonds. The Bertz CT molecular complexity index is 436. The van der Waals surface area contributed by atoms with Crippen molar-refractivity contribution in [3.05, 3.63) is 23.8 Å². The van der Waals surface area contributed by atoms with E-state index in [0.29, 0.717) is 19.1 Å². The molecule has 0 spiro atoms. The van der Waals surface area contributed by atoms with Gasteiger partial charge in [-0.05, 0) is 38.4 Å². The molecule has 1 fully saturated rings. The van der Waals surface area contributed by atoms with Crippen LogP contribution < -0.4 is 5.32 Å². The van der Waals surface area contributed by atoms with Crippen LogP contribution in [0.25, 0.3) is 0 Å². The number of hydrogen-bond donors (Lipinski definition) is 3. The van der Waals surface area contributed by atoms with E-state index in [1.54, 1.807) is 4.90 Å². The van der Waals surface area contributed by atoms with Crippen LogP contribution in [0.1, 0.15) is 30.1 Å². The first-order chi connectivity index (χ1) is 9.13. The van der Waals surface area contributed by atoms with Crippen LogP contribution in [0.3, 0.4) is 0 Å². The van der Waals surface area contributed by atoms with Gasteiger partial charge in [-0.3, -0.25) is 4.79 Å². The topological polar surface area (TPSA) is 72.8 Å². The van der Waals surface area contributed by atoms with Gasteiger partial charge in [0, 0.05) is 19.1 Å². The van der Waals surface area contributed by atoms with Crippen molar-refractivity contribution in [2.24, 2.45) is 0 Å². The number of rotatable bonds is 4. The number of carbonyl (C=O) groups is 1. The first-order valence-electron chi connectivity index (χ1n) is 6.67. The van der Waals surface area contributed by atoms with Crippen molar-refractivity contribution in [2.75, 3.05) is 19.6 Å². The van der Waals surface area contributed by atoms with Crippen molar-refractivity contribution < 1.29 is 15.0 Å². The Morgan fingerprint density at radius 3 is 2.63 bits per heavy atom. The SMILES string of the molecule is CCN(CC1CCCN1)C(=O)c1c(O)cccc1O. The lowest BCUT2D eigenvalue weighted by Gasteiger charge is -2.25. The second-order valence-electron chi connectivity index (χ2n) is 4.81. The predicted octanol–water partition coefficient (Wildman–Crippen LogP) is 1.31. The molecule has 1 atom stereocenters. The molecule has 0 radical (unpaired) electrons. The van der Waals surface area contributed by atoms with E-state index in [-0.39, 0.29) is 23.0 Å². The zero-order chi connectivity index (χ0) is 13.8. The molecule has 1 aliphatic heterocycles. The summed E-state index contributed by atoms with van der Waals surface area (Å²) in [7, 11) is 0. The van der Waals surface area contributed by atoms with Gasteiger partial charge in [0.15, 0.2) is 0 Å². The third kappa shape index (κ3) is 2.98. The van der Waals surface area contributed by atoms with Crippen LogP contribution in [0.2, 0.25) is 0 Å². The molecule has 1 saturated heterocycles. The fraction of sp³-hybridized carbons (Fsp3) is 0.500. The zero-order valence-electron chi connectivity index (χ0n) is 11.1. The Balaban J connectivity index is 2.15. The normalized spacial score (nSPS) is 18.5. The molecular formula is C14H20N2O3. The smallest absolute Gasteiger partial charge is 0.261 e. The lowest BCUT2D eigenvalue weighted by Crippen LogP contribution is -2.41.